The number of hydrogen-bond donors (Lipinski definition) is 0. The molecule has 0 aliphatic heterocycles. The molecule has 6 atom stereocenters. The van der Waals surface area contributed by atoms with E-state index in [1.165, 1.54) is 57.8 Å². The van der Waals surface area contributed by atoms with E-state index in [1.54, 1.807) is 5.57 Å². The fourth-order valence-electron chi connectivity index (χ4n) is 7.13. The number of carbonyl (C=O) groups excluding carboxylic acids is 1. The molecule has 4 aliphatic carbocycles. The van der Waals surface area contributed by atoms with Crippen molar-refractivity contribution in [1.29, 1.82) is 0 Å². The molecule has 0 N–H and O–H groups in total. The molecular formula is C23H36O. The SMILES string of the molecule is CCC1CCCC2(C)C(=CCC3CC4CCC(=O)C4(C)CCC32)C1. The molecule has 0 aromatic heterocycles. The Labute approximate surface area is 148 Å². The second-order valence-electron chi connectivity index (χ2n) is 9.97. The lowest BCUT2D eigenvalue weighted by Crippen LogP contribution is -2.37. The maximum absolute atomic E-state index is 12.6. The third-order valence-corrected chi connectivity index (χ3v) is 9.00. The van der Waals surface area contributed by atoms with E-state index in [0.29, 0.717) is 17.1 Å². The van der Waals surface area contributed by atoms with Crippen LogP contribution < -0.4 is 0 Å². The van der Waals surface area contributed by atoms with E-state index >= 15 is 0 Å². The molecular weight excluding hydrogens is 292 g/mol. The van der Waals surface area contributed by atoms with Crippen molar-refractivity contribution in [1.82, 2.24) is 0 Å². The van der Waals surface area contributed by atoms with Gasteiger partial charge in [0.15, 0.2) is 0 Å². The zero-order valence-corrected chi connectivity index (χ0v) is 16.1. The van der Waals surface area contributed by atoms with E-state index < -0.39 is 0 Å². The summed E-state index contributed by atoms with van der Waals surface area (Å²) in [6.45, 7) is 7.28. The minimum atomic E-state index is 0.0184. The highest BCUT2D eigenvalue weighted by molar-refractivity contribution is 5.86. The van der Waals surface area contributed by atoms with Crippen LogP contribution in [-0.2, 0) is 4.79 Å². The van der Waals surface area contributed by atoms with Crippen molar-refractivity contribution in [2.45, 2.75) is 91.4 Å². The quantitative estimate of drug-likeness (QED) is 0.514. The average molecular weight is 329 g/mol. The second kappa shape index (κ2) is 5.99. The normalized spacial score (nSPS) is 48.6. The van der Waals surface area contributed by atoms with E-state index in [1.807, 2.05) is 0 Å². The van der Waals surface area contributed by atoms with Gasteiger partial charge in [-0.15, -0.1) is 0 Å². The first-order valence-corrected chi connectivity index (χ1v) is 10.7. The van der Waals surface area contributed by atoms with Crippen molar-refractivity contribution < 1.29 is 4.79 Å². The lowest BCUT2D eigenvalue weighted by Gasteiger charge is -2.47. The highest BCUT2D eigenvalue weighted by Gasteiger charge is 2.53. The largest absolute Gasteiger partial charge is 0.299 e. The molecule has 0 radical (unpaired) electrons. The van der Waals surface area contributed by atoms with Gasteiger partial charge in [0.25, 0.3) is 0 Å². The minimum absolute atomic E-state index is 0.0184. The van der Waals surface area contributed by atoms with Gasteiger partial charge in [0.05, 0.1) is 0 Å². The van der Waals surface area contributed by atoms with Crippen LogP contribution in [-0.4, -0.2) is 5.78 Å². The summed E-state index contributed by atoms with van der Waals surface area (Å²) in [6, 6.07) is 0. The molecule has 134 valence electrons. The number of ketones is 1. The van der Waals surface area contributed by atoms with Crippen molar-refractivity contribution in [3.8, 4) is 0 Å². The molecule has 4 aliphatic rings. The van der Waals surface area contributed by atoms with Gasteiger partial charge in [0.2, 0.25) is 0 Å². The Morgan fingerprint density at radius 2 is 1.96 bits per heavy atom. The van der Waals surface area contributed by atoms with E-state index in [0.717, 1.165) is 30.6 Å². The molecule has 24 heavy (non-hydrogen) atoms. The van der Waals surface area contributed by atoms with Crippen LogP contribution in [0, 0.1) is 34.5 Å². The predicted molar refractivity (Wildman–Crippen MR) is 99.7 cm³/mol. The Morgan fingerprint density at radius 3 is 2.75 bits per heavy atom. The third-order valence-electron chi connectivity index (χ3n) is 9.00. The van der Waals surface area contributed by atoms with Crippen LogP contribution in [0.1, 0.15) is 91.4 Å². The summed E-state index contributed by atoms with van der Waals surface area (Å²) in [7, 11) is 0. The molecule has 1 nitrogen and oxygen atoms in total. The predicted octanol–water partition coefficient (Wildman–Crippen LogP) is 6.32. The summed E-state index contributed by atoms with van der Waals surface area (Å²) >= 11 is 0. The first-order chi connectivity index (χ1) is 11.5. The Morgan fingerprint density at radius 1 is 1.12 bits per heavy atom. The molecule has 4 rings (SSSR count). The van der Waals surface area contributed by atoms with Gasteiger partial charge in [0.1, 0.15) is 5.78 Å². The molecule has 0 bridgehead atoms. The molecule has 3 saturated carbocycles. The molecule has 0 amide bonds. The summed E-state index contributed by atoms with van der Waals surface area (Å²) in [5.74, 6) is 3.85. The van der Waals surface area contributed by atoms with Crippen LogP contribution in [0.4, 0.5) is 0 Å². The van der Waals surface area contributed by atoms with E-state index in [9.17, 15) is 4.79 Å². The Kier molecular flexibility index (Phi) is 4.21. The van der Waals surface area contributed by atoms with Gasteiger partial charge in [-0.1, -0.05) is 51.7 Å². The number of Topliss-reactive ketones (excluding diaryl/α,β-unsaturated/α-hetero) is 1. The third kappa shape index (κ3) is 2.44. The fraction of sp³-hybridized carbons (Fsp3) is 0.870. The summed E-state index contributed by atoms with van der Waals surface area (Å²) < 4.78 is 0. The van der Waals surface area contributed by atoms with Gasteiger partial charge in [0, 0.05) is 11.8 Å². The Balaban J connectivity index is 1.63. The summed E-state index contributed by atoms with van der Waals surface area (Å²) in [4.78, 5) is 12.6. The van der Waals surface area contributed by atoms with E-state index in [-0.39, 0.29) is 5.41 Å². The summed E-state index contributed by atoms with van der Waals surface area (Å²) in [6.07, 6.45) is 16.7. The molecule has 6 unspecified atom stereocenters. The second-order valence-corrected chi connectivity index (χ2v) is 9.97. The molecule has 0 heterocycles. The van der Waals surface area contributed by atoms with Crippen LogP contribution in [0.25, 0.3) is 0 Å². The zero-order valence-electron chi connectivity index (χ0n) is 16.1. The lowest BCUT2D eigenvalue weighted by molar-refractivity contribution is -0.126. The Bertz CT molecular complexity index is 546. The van der Waals surface area contributed by atoms with Crippen LogP contribution in [0.15, 0.2) is 11.6 Å². The van der Waals surface area contributed by atoms with Gasteiger partial charge in [-0.3, -0.25) is 4.79 Å². The van der Waals surface area contributed by atoms with Crippen molar-refractivity contribution in [3.63, 3.8) is 0 Å². The van der Waals surface area contributed by atoms with Gasteiger partial charge in [-0.2, -0.15) is 0 Å². The van der Waals surface area contributed by atoms with Gasteiger partial charge in [-0.25, -0.2) is 0 Å². The molecule has 0 aromatic carbocycles. The molecule has 0 saturated heterocycles. The van der Waals surface area contributed by atoms with Crippen molar-refractivity contribution in [2.24, 2.45) is 34.5 Å². The number of fused-ring (bicyclic) bond motifs is 4. The summed E-state index contributed by atoms with van der Waals surface area (Å²) in [5, 5.41) is 0. The van der Waals surface area contributed by atoms with Crippen molar-refractivity contribution in [2.75, 3.05) is 0 Å². The fourth-order valence-corrected chi connectivity index (χ4v) is 7.13. The molecule has 0 aromatic rings. The maximum atomic E-state index is 12.6. The van der Waals surface area contributed by atoms with Gasteiger partial charge in [-0.05, 0) is 74.0 Å². The number of rotatable bonds is 1. The number of hydrogen-bond acceptors (Lipinski definition) is 1. The van der Waals surface area contributed by atoms with Gasteiger partial charge >= 0.3 is 0 Å². The zero-order chi connectivity index (χ0) is 16.9. The van der Waals surface area contributed by atoms with Crippen molar-refractivity contribution >= 4 is 5.78 Å². The average Bonchev–Trinajstić information content (AvgIpc) is 2.72. The standard InChI is InChI=1S/C23H36O/c1-4-16-6-5-12-22(2)18(14-16)8-7-17-15-19-9-10-21(24)23(19,3)13-11-20(17)22/h8,16-17,19-20H,4-7,9-15H2,1-3H3. The lowest BCUT2D eigenvalue weighted by atomic mass is 9.58. The number of allylic oxidation sites excluding steroid dienone is 2. The van der Waals surface area contributed by atoms with E-state index in [2.05, 4.69) is 26.8 Å². The highest BCUT2D eigenvalue weighted by Crippen LogP contribution is 2.60. The molecule has 1 heteroatoms. The van der Waals surface area contributed by atoms with Gasteiger partial charge < -0.3 is 0 Å². The Hall–Kier alpha value is -0.590. The topological polar surface area (TPSA) is 17.1 Å². The minimum Gasteiger partial charge on any atom is -0.299 e. The smallest absolute Gasteiger partial charge is 0.139 e. The number of carbonyl (C=O) groups is 1. The molecule has 0 spiro atoms. The summed E-state index contributed by atoms with van der Waals surface area (Å²) in [5.41, 5.74) is 2.26. The van der Waals surface area contributed by atoms with Crippen LogP contribution >= 0.6 is 0 Å². The monoisotopic (exact) mass is 328 g/mol. The highest BCUT2D eigenvalue weighted by atomic mass is 16.1. The van der Waals surface area contributed by atoms with Crippen molar-refractivity contribution in [3.05, 3.63) is 11.6 Å². The van der Waals surface area contributed by atoms with Crippen LogP contribution in [0.2, 0.25) is 0 Å². The van der Waals surface area contributed by atoms with Crippen LogP contribution in [0.5, 0.6) is 0 Å². The maximum Gasteiger partial charge on any atom is 0.139 e. The molecule has 3 fully saturated rings. The van der Waals surface area contributed by atoms with Crippen LogP contribution in [0.3, 0.4) is 0 Å². The first kappa shape index (κ1) is 16.9. The van der Waals surface area contributed by atoms with E-state index in [4.69, 9.17) is 0 Å². The first-order valence-electron chi connectivity index (χ1n) is 10.7.